The number of para-hydroxylation sites is 1. The van der Waals surface area contributed by atoms with E-state index in [9.17, 15) is 23.3 Å². The van der Waals surface area contributed by atoms with E-state index in [4.69, 9.17) is 4.74 Å². The number of rotatable bonds is 6. The molecule has 3 rings (SSSR count). The highest BCUT2D eigenvalue weighted by Gasteiger charge is 2.25. The van der Waals surface area contributed by atoms with Gasteiger partial charge in [0.15, 0.2) is 5.69 Å². The lowest BCUT2D eigenvalue weighted by Gasteiger charge is -2.10. The highest BCUT2D eigenvalue weighted by Crippen LogP contribution is 2.31. The Bertz CT molecular complexity index is 1180. The van der Waals surface area contributed by atoms with Crippen LogP contribution in [0.5, 0.6) is 0 Å². The van der Waals surface area contributed by atoms with Crippen LogP contribution in [0.1, 0.15) is 23.0 Å². The number of nitrogens with one attached hydrogen (secondary N) is 2. The summed E-state index contributed by atoms with van der Waals surface area (Å²) in [5, 5.41) is 11.6. The third-order valence-electron chi connectivity index (χ3n) is 4.11. The number of nitro groups is 1. The molecule has 3 aromatic rings. The number of esters is 1. The summed E-state index contributed by atoms with van der Waals surface area (Å²) in [5.41, 5.74) is 0.541. The van der Waals surface area contributed by atoms with Crippen LogP contribution in [0.15, 0.2) is 47.4 Å². The molecule has 0 spiro atoms. The van der Waals surface area contributed by atoms with Crippen molar-refractivity contribution in [2.45, 2.75) is 18.7 Å². The fraction of sp³-hybridized carbons (Fsp3) is 0.167. The minimum Gasteiger partial charge on any atom is -0.461 e. The number of ether oxygens (including phenoxy) is 1. The minimum atomic E-state index is -4.20. The molecule has 146 valence electrons. The molecule has 1 aromatic heterocycles. The van der Waals surface area contributed by atoms with E-state index < -0.39 is 20.9 Å². The molecule has 0 aliphatic heterocycles. The lowest BCUT2D eigenvalue weighted by molar-refractivity contribution is -0.385. The number of sulfonamides is 1. The van der Waals surface area contributed by atoms with Gasteiger partial charge in [-0.1, -0.05) is 24.3 Å². The number of hydrogen-bond donors (Lipinski definition) is 2. The van der Waals surface area contributed by atoms with Crippen LogP contribution in [0.25, 0.3) is 10.9 Å². The standard InChI is InChI=1S/C18H17N3O6S/c1-3-27-18(22)17-16(13-6-4-5-7-14(13)19-17)20-28(25,26)12-9-8-11(2)15(10-12)21(23)24/h4-10,19-20H,3H2,1-2H3. The first kappa shape index (κ1) is 19.4. The topological polar surface area (TPSA) is 131 Å². The van der Waals surface area contributed by atoms with E-state index in [1.807, 2.05) is 0 Å². The molecule has 0 radical (unpaired) electrons. The molecule has 0 unspecified atom stereocenters. The largest absolute Gasteiger partial charge is 0.461 e. The summed E-state index contributed by atoms with van der Waals surface area (Å²) < 4.78 is 33.1. The van der Waals surface area contributed by atoms with Gasteiger partial charge in [-0.25, -0.2) is 13.2 Å². The Kier molecular flexibility index (Phi) is 5.06. The number of anilines is 1. The number of hydrogen-bond acceptors (Lipinski definition) is 6. The predicted molar refractivity (Wildman–Crippen MR) is 103 cm³/mol. The average Bonchev–Trinajstić information content (AvgIpc) is 3.00. The van der Waals surface area contributed by atoms with Gasteiger partial charge in [0.25, 0.3) is 15.7 Å². The molecule has 28 heavy (non-hydrogen) atoms. The first-order chi connectivity index (χ1) is 13.2. The van der Waals surface area contributed by atoms with Crippen molar-refractivity contribution < 1.29 is 22.9 Å². The van der Waals surface area contributed by atoms with Crippen LogP contribution < -0.4 is 4.72 Å². The molecule has 0 amide bonds. The van der Waals surface area contributed by atoms with Crippen molar-refractivity contribution in [3.8, 4) is 0 Å². The van der Waals surface area contributed by atoms with Gasteiger partial charge in [0.1, 0.15) is 0 Å². The first-order valence-electron chi connectivity index (χ1n) is 8.30. The van der Waals surface area contributed by atoms with Gasteiger partial charge in [-0.15, -0.1) is 0 Å². The van der Waals surface area contributed by atoms with Gasteiger partial charge >= 0.3 is 5.97 Å². The van der Waals surface area contributed by atoms with E-state index in [1.165, 1.54) is 19.1 Å². The van der Waals surface area contributed by atoms with Crippen LogP contribution in [0.3, 0.4) is 0 Å². The van der Waals surface area contributed by atoms with Gasteiger partial charge < -0.3 is 9.72 Å². The van der Waals surface area contributed by atoms with Crippen LogP contribution >= 0.6 is 0 Å². The molecule has 2 N–H and O–H groups in total. The van der Waals surface area contributed by atoms with Crippen LogP contribution in [0.4, 0.5) is 11.4 Å². The Morgan fingerprint density at radius 3 is 2.64 bits per heavy atom. The monoisotopic (exact) mass is 403 g/mol. The zero-order valence-corrected chi connectivity index (χ0v) is 15.9. The van der Waals surface area contributed by atoms with Crippen molar-refractivity contribution in [3.63, 3.8) is 0 Å². The van der Waals surface area contributed by atoms with Crippen molar-refractivity contribution >= 4 is 38.3 Å². The Morgan fingerprint density at radius 2 is 1.96 bits per heavy atom. The van der Waals surface area contributed by atoms with Crippen molar-refractivity contribution in [1.29, 1.82) is 0 Å². The number of aromatic amines is 1. The zero-order chi connectivity index (χ0) is 20.5. The van der Waals surface area contributed by atoms with Crippen LogP contribution in [-0.4, -0.2) is 30.9 Å². The predicted octanol–water partition coefficient (Wildman–Crippen LogP) is 3.36. The number of aromatic nitrogens is 1. The minimum absolute atomic E-state index is 0.0253. The summed E-state index contributed by atoms with van der Waals surface area (Å²) >= 11 is 0. The normalized spacial score (nSPS) is 11.4. The Balaban J connectivity index is 2.11. The maximum atomic E-state index is 12.9. The number of aryl methyl sites for hydroxylation is 1. The molecule has 1 heterocycles. The van der Waals surface area contributed by atoms with E-state index in [0.717, 1.165) is 6.07 Å². The second kappa shape index (κ2) is 7.31. The maximum Gasteiger partial charge on any atom is 0.356 e. The molecule has 0 fully saturated rings. The smallest absolute Gasteiger partial charge is 0.356 e. The molecule has 2 aromatic carbocycles. The molecular formula is C18H17N3O6S. The molecule has 0 aliphatic carbocycles. The number of carbonyl (C=O) groups is 1. The third-order valence-corrected chi connectivity index (χ3v) is 5.46. The molecule has 0 atom stereocenters. The number of fused-ring (bicyclic) bond motifs is 1. The number of carbonyl (C=O) groups excluding carboxylic acids is 1. The molecule has 0 aliphatic rings. The molecule has 0 saturated carbocycles. The van der Waals surface area contributed by atoms with Gasteiger partial charge in [0, 0.05) is 22.5 Å². The molecule has 0 bridgehead atoms. The van der Waals surface area contributed by atoms with Crippen LogP contribution in [0.2, 0.25) is 0 Å². The van der Waals surface area contributed by atoms with Crippen molar-refractivity contribution in [2.24, 2.45) is 0 Å². The van der Waals surface area contributed by atoms with E-state index in [1.54, 1.807) is 31.2 Å². The Morgan fingerprint density at radius 1 is 1.25 bits per heavy atom. The van der Waals surface area contributed by atoms with Crippen LogP contribution in [0, 0.1) is 17.0 Å². The molecule has 9 nitrogen and oxygen atoms in total. The van der Waals surface area contributed by atoms with E-state index in [-0.39, 0.29) is 28.6 Å². The number of H-pyrrole nitrogens is 1. The number of nitro benzene ring substituents is 1. The average molecular weight is 403 g/mol. The summed E-state index contributed by atoms with van der Waals surface area (Å²) in [6.45, 7) is 3.26. The maximum absolute atomic E-state index is 12.9. The second-order valence-corrected chi connectivity index (χ2v) is 7.63. The lowest BCUT2D eigenvalue weighted by Crippen LogP contribution is -2.16. The molecular weight excluding hydrogens is 386 g/mol. The first-order valence-corrected chi connectivity index (χ1v) is 9.78. The van der Waals surface area contributed by atoms with Crippen LogP contribution in [-0.2, 0) is 14.8 Å². The number of nitrogens with zero attached hydrogens (tertiary/aromatic N) is 1. The van der Waals surface area contributed by atoms with Gasteiger partial charge in [-0.3, -0.25) is 14.8 Å². The fourth-order valence-corrected chi connectivity index (χ4v) is 3.86. The summed E-state index contributed by atoms with van der Waals surface area (Å²) in [7, 11) is -4.20. The zero-order valence-electron chi connectivity index (χ0n) is 15.1. The summed E-state index contributed by atoms with van der Waals surface area (Å²) in [6, 6.07) is 10.4. The van der Waals surface area contributed by atoms with Gasteiger partial charge in [-0.2, -0.15) is 0 Å². The van der Waals surface area contributed by atoms with Crippen molar-refractivity contribution in [1.82, 2.24) is 4.98 Å². The third kappa shape index (κ3) is 3.54. The Hall–Kier alpha value is -3.40. The molecule has 0 saturated heterocycles. The lowest BCUT2D eigenvalue weighted by atomic mass is 10.2. The summed E-state index contributed by atoms with van der Waals surface area (Å²) in [5.74, 6) is -0.716. The Labute approximate surface area is 160 Å². The highest BCUT2D eigenvalue weighted by atomic mass is 32.2. The van der Waals surface area contributed by atoms with Crippen molar-refractivity contribution in [3.05, 3.63) is 63.8 Å². The van der Waals surface area contributed by atoms with E-state index in [0.29, 0.717) is 16.5 Å². The SMILES string of the molecule is CCOC(=O)c1[nH]c2ccccc2c1NS(=O)(=O)c1ccc(C)c([N+](=O)[O-])c1. The fourth-order valence-electron chi connectivity index (χ4n) is 2.75. The quantitative estimate of drug-likeness (QED) is 0.368. The van der Waals surface area contributed by atoms with Gasteiger partial charge in [0.2, 0.25) is 0 Å². The van der Waals surface area contributed by atoms with Gasteiger partial charge in [0.05, 0.1) is 22.1 Å². The highest BCUT2D eigenvalue weighted by molar-refractivity contribution is 7.92. The van der Waals surface area contributed by atoms with E-state index in [2.05, 4.69) is 9.71 Å². The summed E-state index contributed by atoms with van der Waals surface area (Å²) in [6.07, 6.45) is 0. The second-order valence-electron chi connectivity index (χ2n) is 5.95. The van der Waals surface area contributed by atoms with Gasteiger partial charge in [-0.05, 0) is 26.0 Å². The molecule has 10 heteroatoms. The van der Waals surface area contributed by atoms with Crippen molar-refractivity contribution in [2.75, 3.05) is 11.3 Å². The van der Waals surface area contributed by atoms with E-state index >= 15 is 0 Å². The summed E-state index contributed by atoms with van der Waals surface area (Å²) in [4.78, 5) is 25.3. The number of benzene rings is 2.